The molecule has 1 saturated carbocycles. The minimum atomic E-state index is -0.600. The Kier molecular flexibility index (Phi) is 6.01. The summed E-state index contributed by atoms with van der Waals surface area (Å²) in [5.74, 6) is 0.189. The Hall–Kier alpha value is -1.86. The van der Waals surface area contributed by atoms with Crippen LogP contribution < -0.4 is 5.73 Å². The van der Waals surface area contributed by atoms with Crippen LogP contribution in [0.5, 0.6) is 0 Å². The Morgan fingerprint density at radius 1 is 1.25 bits per heavy atom. The largest absolute Gasteiger partial charge is 0.325 e. The second-order valence-corrected chi connectivity index (χ2v) is 7.32. The van der Waals surface area contributed by atoms with E-state index >= 15 is 0 Å². The van der Waals surface area contributed by atoms with E-state index in [-0.39, 0.29) is 29.8 Å². The van der Waals surface area contributed by atoms with E-state index in [9.17, 15) is 4.79 Å². The quantitative estimate of drug-likeness (QED) is 0.816. The monoisotopic (exact) mass is 327 g/mol. The Labute approximate surface area is 145 Å². The second kappa shape index (κ2) is 7.81. The van der Waals surface area contributed by atoms with Crippen LogP contribution in [0.3, 0.4) is 0 Å². The molecule has 0 bridgehead atoms. The number of amides is 1. The van der Waals surface area contributed by atoms with Crippen molar-refractivity contribution < 1.29 is 4.79 Å². The third kappa shape index (κ3) is 3.47. The molecular weight excluding hydrogens is 298 g/mol. The normalized spacial score (nSPS) is 18.8. The van der Waals surface area contributed by atoms with Gasteiger partial charge >= 0.3 is 0 Å². The lowest BCUT2D eigenvalue weighted by Gasteiger charge is -2.39. The predicted molar refractivity (Wildman–Crippen MR) is 96.2 cm³/mol. The Morgan fingerprint density at radius 3 is 2.33 bits per heavy atom. The topological polar surface area (TPSA) is 70.1 Å². The molecule has 130 valence electrons. The molecule has 24 heavy (non-hydrogen) atoms. The summed E-state index contributed by atoms with van der Waals surface area (Å²) in [7, 11) is 0. The summed E-state index contributed by atoms with van der Waals surface area (Å²) in [4.78, 5) is 14.9. The lowest BCUT2D eigenvalue weighted by atomic mass is 9.72. The smallest absolute Gasteiger partial charge is 0.241 e. The number of nitrogens with two attached hydrogens (primary N) is 1. The molecule has 2 rings (SSSR count). The zero-order chi connectivity index (χ0) is 17.7. The van der Waals surface area contributed by atoms with Gasteiger partial charge in [-0.3, -0.25) is 4.79 Å². The summed E-state index contributed by atoms with van der Waals surface area (Å²) in [5.41, 5.74) is 7.41. The lowest BCUT2D eigenvalue weighted by molar-refractivity contribution is -0.136. The van der Waals surface area contributed by atoms with Crippen molar-refractivity contribution in [3.05, 3.63) is 35.9 Å². The van der Waals surface area contributed by atoms with Gasteiger partial charge in [-0.1, -0.05) is 57.0 Å². The standard InChI is InChI=1S/C20H29N3O/c1-15(2)16(3)23(14-13-21)19(24)18(22)20(11-7-8-12-20)17-9-5-4-6-10-17/h4-6,9-10,15-16,18H,7-8,11-12,14,22H2,1-3H3. The van der Waals surface area contributed by atoms with E-state index in [2.05, 4.69) is 32.0 Å². The zero-order valence-corrected chi connectivity index (χ0v) is 15.0. The molecule has 1 fully saturated rings. The van der Waals surface area contributed by atoms with E-state index < -0.39 is 6.04 Å². The zero-order valence-electron chi connectivity index (χ0n) is 15.0. The fourth-order valence-electron chi connectivity index (χ4n) is 3.83. The van der Waals surface area contributed by atoms with Gasteiger partial charge in [-0.15, -0.1) is 0 Å². The van der Waals surface area contributed by atoms with Crippen molar-refractivity contribution in [1.29, 1.82) is 5.26 Å². The van der Waals surface area contributed by atoms with Crippen LogP contribution in [-0.2, 0) is 10.2 Å². The van der Waals surface area contributed by atoms with Gasteiger partial charge in [0, 0.05) is 11.5 Å². The number of carbonyl (C=O) groups is 1. The molecule has 2 unspecified atom stereocenters. The van der Waals surface area contributed by atoms with Gasteiger partial charge < -0.3 is 10.6 Å². The molecule has 0 aromatic heterocycles. The van der Waals surface area contributed by atoms with Crippen molar-refractivity contribution in [2.45, 2.75) is 64.0 Å². The number of carbonyl (C=O) groups excluding carboxylic acids is 1. The van der Waals surface area contributed by atoms with Gasteiger partial charge in [-0.05, 0) is 31.2 Å². The molecule has 4 nitrogen and oxygen atoms in total. The lowest BCUT2D eigenvalue weighted by Crippen LogP contribution is -2.57. The molecule has 0 spiro atoms. The van der Waals surface area contributed by atoms with Gasteiger partial charge in [0.25, 0.3) is 0 Å². The molecule has 0 aliphatic heterocycles. The maximum absolute atomic E-state index is 13.2. The van der Waals surface area contributed by atoms with Gasteiger partial charge in [0.15, 0.2) is 0 Å². The fourth-order valence-corrected chi connectivity index (χ4v) is 3.83. The highest BCUT2D eigenvalue weighted by Crippen LogP contribution is 2.43. The molecule has 4 heteroatoms. The van der Waals surface area contributed by atoms with Crippen molar-refractivity contribution in [3.8, 4) is 6.07 Å². The summed E-state index contributed by atoms with van der Waals surface area (Å²) in [6.45, 7) is 6.22. The Morgan fingerprint density at radius 2 is 1.83 bits per heavy atom. The first-order chi connectivity index (χ1) is 11.4. The molecule has 2 atom stereocenters. The number of benzene rings is 1. The first-order valence-electron chi connectivity index (χ1n) is 8.92. The molecule has 0 radical (unpaired) electrons. The van der Waals surface area contributed by atoms with Gasteiger partial charge in [0.05, 0.1) is 12.1 Å². The van der Waals surface area contributed by atoms with Gasteiger partial charge in [-0.2, -0.15) is 5.26 Å². The minimum absolute atomic E-state index is 0.00238. The summed E-state index contributed by atoms with van der Waals surface area (Å²) >= 11 is 0. The summed E-state index contributed by atoms with van der Waals surface area (Å²) in [6, 6.07) is 11.7. The SMILES string of the molecule is CC(C)C(C)N(CC#N)C(=O)C(N)C1(c2ccccc2)CCCC1. The van der Waals surface area contributed by atoms with Crippen LogP contribution in [-0.4, -0.2) is 29.4 Å². The molecular formula is C20H29N3O. The van der Waals surface area contributed by atoms with Crippen molar-refractivity contribution in [1.82, 2.24) is 4.90 Å². The summed E-state index contributed by atoms with van der Waals surface area (Å²) < 4.78 is 0. The van der Waals surface area contributed by atoms with E-state index in [4.69, 9.17) is 11.0 Å². The highest BCUT2D eigenvalue weighted by Gasteiger charge is 2.46. The number of hydrogen-bond acceptors (Lipinski definition) is 3. The molecule has 1 aliphatic rings. The molecule has 0 heterocycles. The molecule has 0 saturated heterocycles. The van der Waals surface area contributed by atoms with E-state index in [1.807, 2.05) is 25.1 Å². The Balaban J connectivity index is 2.34. The third-order valence-corrected chi connectivity index (χ3v) is 5.69. The van der Waals surface area contributed by atoms with Crippen LogP contribution >= 0.6 is 0 Å². The van der Waals surface area contributed by atoms with E-state index in [0.29, 0.717) is 0 Å². The number of nitriles is 1. The van der Waals surface area contributed by atoms with Crippen molar-refractivity contribution in [2.24, 2.45) is 11.7 Å². The maximum Gasteiger partial charge on any atom is 0.241 e. The molecule has 1 aromatic rings. The summed E-state index contributed by atoms with van der Waals surface area (Å²) in [5, 5.41) is 9.16. The van der Waals surface area contributed by atoms with Gasteiger partial charge in [0.1, 0.15) is 6.54 Å². The number of rotatable bonds is 6. The average Bonchev–Trinajstić information content (AvgIpc) is 3.09. The average molecular weight is 327 g/mol. The van der Waals surface area contributed by atoms with Crippen molar-refractivity contribution >= 4 is 5.91 Å². The molecule has 1 amide bonds. The molecule has 1 aromatic carbocycles. The highest BCUT2D eigenvalue weighted by atomic mass is 16.2. The Bertz CT molecular complexity index is 585. The van der Waals surface area contributed by atoms with Crippen molar-refractivity contribution in [3.63, 3.8) is 0 Å². The highest BCUT2D eigenvalue weighted by molar-refractivity contribution is 5.84. The number of hydrogen-bond donors (Lipinski definition) is 1. The van der Waals surface area contributed by atoms with Crippen LogP contribution in [0, 0.1) is 17.2 Å². The van der Waals surface area contributed by atoms with Crippen LogP contribution in [0.4, 0.5) is 0 Å². The van der Waals surface area contributed by atoms with E-state index in [0.717, 1.165) is 31.2 Å². The van der Waals surface area contributed by atoms with Crippen LogP contribution in [0.2, 0.25) is 0 Å². The van der Waals surface area contributed by atoms with Crippen LogP contribution in [0.25, 0.3) is 0 Å². The molecule has 2 N–H and O–H groups in total. The van der Waals surface area contributed by atoms with E-state index in [1.54, 1.807) is 4.90 Å². The third-order valence-electron chi connectivity index (χ3n) is 5.69. The molecule has 1 aliphatic carbocycles. The van der Waals surface area contributed by atoms with Crippen LogP contribution in [0.1, 0.15) is 52.0 Å². The second-order valence-electron chi connectivity index (χ2n) is 7.32. The van der Waals surface area contributed by atoms with E-state index in [1.165, 1.54) is 0 Å². The van der Waals surface area contributed by atoms with Crippen molar-refractivity contribution in [2.75, 3.05) is 6.54 Å². The van der Waals surface area contributed by atoms with Gasteiger partial charge in [-0.25, -0.2) is 0 Å². The first-order valence-corrected chi connectivity index (χ1v) is 8.92. The van der Waals surface area contributed by atoms with Crippen LogP contribution in [0.15, 0.2) is 30.3 Å². The predicted octanol–water partition coefficient (Wildman–Crippen LogP) is 3.22. The first kappa shape index (κ1) is 18.5. The fraction of sp³-hybridized carbons (Fsp3) is 0.600. The van der Waals surface area contributed by atoms with Gasteiger partial charge in [0.2, 0.25) is 5.91 Å². The number of nitrogens with zero attached hydrogens (tertiary/aromatic N) is 2. The minimum Gasteiger partial charge on any atom is -0.325 e. The summed E-state index contributed by atoms with van der Waals surface area (Å²) in [6.07, 6.45) is 4.04. The maximum atomic E-state index is 13.2.